The molecule has 0 bridgehead atoms. The summed E-state index contributed by atoms with van der Waals surface area (Å²) in [6, 6.07) is 9.08. The summed E-state index contributed by atoms with van der Waals surface area (Å²) in [5.41, 5.74) is 1.08. The average Bonchev–Trinajstić information content (AvgIpc) is 2.92. The topological polar surface area (TPSA) is 67.8 Å². The Bertz CT molecular complexity index is 1020. The maximum Gasteiger partial charge on any atom is 0.286 e. The second-order valence-electron chi connectivity index (χ2n) is 5.74. The molecule has 9 heteroatoms. The van der Waals surface area contributed by atoms with Crippen molar-refractivity contribution >= 4 is 58.0 Å². The molecule has 0 aromatic heterocycles. The van der Waals surface area contributed by atoms with Crippen LogP contribution in [0, 0.1) is 5.82 Å². The van der Waals surface area contributed by atoms with Gasteiger partial charge in [-0.25, -0.2) is 4.39 Å². The van der Waals surface area contributed by atoms with Gasteiger partial charge in [-0.05, 0) is 47.7 Å². The van der Waals surface area contributed by atoms with Gasteiger partial charge in [0.25, 0.3) is 5.91 Å². The van der Waals surface area contributed by atoms with Gasteiger partial charge in [0.05, 0.1) is 9.93 Å². The number of ether oxygens (including phenoxy) is 1. The third kappa shape index (κ3) is 5.13. The Morgan fingerprint density at radius 3 is 2.82 bits per heavy atom. The van der Waals surface area contributed by atoms with E-state index in [1.807, 2.05) is 0 Å². The maximum atomic E-state index is 13.4. The molecule has 2 amide bonds. The first-order valence-corrected chi connectivity index (χ1v) is 9.55. The van der Waals surface area contributed by atoms with Crippen LogP contribution in [0.1, 0.15) is 18.1 Å². The van der Waals surface area contributed by atoms with Crippen LogP contribution in [0.3, 0.4) is 0 Å². The molecule has 3 rings (SSSR count). The van der Waals surface area contributed by atoms with Crippen molar-refractivity contribution in [3.63, 3.8) is 0 Å². The number of carbonyl (C=O) groups is 2. The lowest BCUT2D eigenvalue weighted by Crippen LogP contribution is -2.23. The second-order valence-corrected chi connectivity index (χ2v) is 7.61. The lowest BCUT2D eigenvalue weighted by molar-refractivity contribution is -0.117. The number of rotatable bonds is 4. The normalized spacial score (nSPS) is 14.9. The van der Waals surface area contributed by atoms with Crippen molar-refractivity contribution in [3.8, 4) is 5.75 Å². The molecule has 0 aliphatic carbocycles. The fourth-order valence-corrected chi connectivity index (χ4v) is 3.79. The van der Waals surface area contributed by atoms with E-state index in [1.54, 1.807) is 18.2 Å². The SMILES string of the molecule is CC(=O)NC1=NC(=O)/C(=C\c2cc(Cl)cc(Cl)c2OCc2cccc(F)c2)S1. The lowest BCUT2D eigenvalue weighted by atomic mass is 10.1. The van der Waals surface area contributed by atoms with Crippen molar-refractivity contribution in [3.05, 3.63) is 68.3 Å². The summed E-state index contributed by atoms with van der Waals surface area (Å²) in [6.45, 7) is 1.40. The molecule has 0 unspecified atom stereocenters. The molecule has 0 saturated heterocycles. The molecule has 1 aliphatic heterocycles. The summed E-state index contributed by atoms with van der Waals surface area (Å²) in [5.74, 6) is -0.906. The first-order chi connectivity index (χ1) is 13.3. The summed E-state index contributed by atoms with van der Waals surface area (Å²) in [7, 11) is 0. The minimum atomic E-state index is -0.499. The highest BCUT2D eigenvalue weighted by Gasteiger charge is 2.23. The van der Waals surface area contributed by atoms with E-state index in [2.05, 4.69) is 10.3 Å². The predicted molar refractivity (Wildman–Crippen MR) is 109 cm³/mol. The van der Waals surface area contributed by atoms with Crippen molar-refractivity contribution in [2.45, 2.75) is 13.5 Å². The summed E-state index contributed by atoms with van der Waals surface area (Å²) >= 11 is 13.4. The molecule has 28 heavy (non-hydrogen) atoms. The molecule has 0 radical (unpaired) electrons. The minimum absolute atomic E-state index is 0.0734. The number of halogens is 3. The number of carbonyl (C=O) groups excluding carboxylic acids is 2. The number of hydrogen-bond donors (Lipinski definition) is 1. The summed E-state index contributed by atoms with van der Waals surface area (Å²) in [4.78, 5) is 27.3. The van der Waals surface area contributed by atoms with Gasteiger partial charge >= 0.3 is 0 Å². The van der Waals surface area contributed by atoms with E-state index in [1.165, 1.54) is 31.2 Å². The van der Waals surface area contributed by atoms with Gasteiger partial charge in [0.1, 0.15) is 18.2 Å². The second kappa shape index (κ2) is 8.77. The molecule has 1 aliphatic rings. The van der Waals surface area contributed by atoms with Gasteiger partial charge in [-0.1, -0.05) is 35.3 Å². The van der Waals surface area contributed by atoms with E-state index in [0.29, 0.717) is 21.9 Å². The monoisotopic (exact) mass is 438 g/mol. The maximum absolute atomic E-state index is 13.4. The molecule has 0 saturated carbocycles. The first-order valence-electron chi connectivity index (χ1n) is 7.98. The zero-order valence-electron chi connectivity index (χ0n) is 14.5. The van der Waals surface area contributed by atoms with Crippen LogP contribution in [0.15, 0.2) is 46.3 Å². The smallest absolute Gasteiger partial charge is 0.286 e. The molecule has 144 valence electrons. The van der Waals surface area contributed by atoms with Crippen LogP contribution in [0.4, 0.5) is 4.39 Å². The number of amides is 2. The Morgan fingerprint density at radius 2 is 2.11 bits per heavy atom. The Balaban J connectivity index is 1.87. The standard InChI is InChI=1S/C19H13Cl2FN2O3S/c1-10(25)23-19-24-18(26)16(28-19)7-12-6-13(20)8-15(21)17(12)27-9-11-3-2-4-14(22)5-11/h2-8H,9H2,1H3,(H,23,24,25,26)/b16-7+. The van der Waals surface area contributed by atoms with Crippen molar-refractivity contribution in [2.75, 3.05) is 0 Å². The van der Waals surface area contributed by atoms with Gasteiger partial charge < -0.3 is 10.1 Å². The van der Waals surface area contributed by atoms with Crippen molar-refractivity contribution in [1.82, 2.24) is 5.32 Å². The van der Waals surface area contributed by atoms with Gasteiger partial charge in [0, 0.05) is 17.5 Å². The highest BCUT2D eigenvalue weighted by atomic mass is 35.5. The fourth-order valence-electron chi connectivity index (χ4n) is 2.38. The van der Waals surface area contributed by atoms with Crippen LogP contribution in [-0.4, -0.2) is 17.0 Å². The van der Waals surface area contributed by atoms with E-state index >= 15 is 0 Å². The molecule has 0 fully saturated rings. The fraction of sp³-hybridized carbons (Fsp3) is 0.105. The Labute approximate surface area is 174 Å². The zero-order valence-corrected chi connectivity index (χ0v) is 16.8. The molecule has 5 nitrogen and oxygen atoms in total. The zero-order chi connectivity index (χ0) is 20.3. The minimum Gasteiger partial charge on any atom is -0.487 e. The Kier molecular flexibility index (Phi) is 6.39. The van der Waals surface area contributed by atoms with Crippen molar-refractivity contribution in [2.24, 2.45) is 4.99 Å². The van der Waals surface area contributed by atoms with E-state index in [4.69, 9.17) is 27.9 Å². The third-order valence-electron chi connectivity index (χ3n) is 3.50. The number of hydrogen-bond acceptors (Lipinski definition) is 4. The van der Waals surface area contributed by atoms with Crippen LogP contribution < -0.4 is 10.1 Å². The summed E-state index contributed by atoms with van der Waals surface area (Å²) in [5, 5.41) is 3.26. The van der Waals surface area contributed by atoms with Crippen LogP contribution >= 0.6 is 35.0 Å². The van der Waals surface area contributed by atoms with Gasteiger partial charge in [-0.2, -0.15) is 4.99 Å². The molecule has 1 N–H and O–H groups in total. The quantitative estimate of drug-likeness (QED) is 0.694. The lowest BCUT2D eigenvalue weighted by Gasteiger charge is -2.12. The number of aliphatic imine (C=N–C) groups is 1. The number of nitrogens with zero attached hydrogens (tertiary/aromatic N) is 1. The van der Waals surface area contributed by atoms with Gasteiger partial charge in [0.15, 0.2) is 5.17 Å². The van der Waals surface area contributed by atoms with Crippen LogP contribution in [-0.2, 0) is 16.2 Å². The summed E-state index contributed by atoms with van der Waals surface area (Å²) < 4.78 is 19.1. The van der Waals surface area contributed by atoms with Crippen molar-refractivity contribution < 1.29 is 18.7 Å². The van der Waals surface area contributed by atoms with Gasteiger partial charge in [0.2, 0.25) is 5.91 Å². The molecular formula is C19H13Cl2FN2O3S. The van der Waals surface area contributed by atoms with Gasteiger partial charge in [-0.15, -0.1) is 0 Å². The number of thioether (sulfide) groups is 1. The number of benzene rings is 2. The van der Waals surface area contributed by atoms with E-state index < -0.39 is 5.91 Å². The summed E-state index contributed by atoms with van der Waals surface area (Å²) in [6.07, 6.45) is 1.53. The largest absolute Gasteiger partial charge is 0.487 e. The first kappa shape index (κ1) is 20.4. The van der Waals surface area contributed by atoms with Crippen LogP contribution in [0.5, 0.6) is 5.75 Å². The highest BCUT2D eigenvalue weighted by molar-refractivity contribution is 8.18. The molecule has 0 atom stereocenters. The number of amidine groups is 1. The highest BCUT2D eigenvalue weighted by Crippen LogP contribution is 2.37. The molecular weight excluding hydrogens is 426 g/mol. The van der Waals surface area contributed by atoms with Crippen LogP contribution in [0.25, 0.3) is 6.08 Å². The Morgan fingerprint density at radius 1 is 1.32 bits per heavy atom. The Hall–Kier alpha value is -2.35. The van der Waals surface area contributed by atoms with Crippen LogP contribution in [0.2, 0.25) is 10.0 Å². The molecule has 2 aromatic carbocycles. The molecule has 0 spiro atoms. The average molecular weight is 439 g/mol. The van der Waals surface area contributed by atoms with Crippen molar-refractivity contribution in [1.29, 1.82) is 0 Å². The van der Waals surface area contributed by atoms with E-state index in [-0.39, 0.29) is 33.4 Å². The third-order valence-corrected chi connectivity index (χ3v) is 4.90. The predicted octanol–water partition coefficient (Wildman–Crippen LogP) is 4.82. The molecule has 1 heterocycles. The molecule has 2 aromatic rings. The van der Waals surface area contributed by atoms with E-state index in [0.717, 1.165) is 11.8 Å². The van der Waals surface area contributed by atoms with E-state index in [9.17, 15) is 14.0 Å². The number of nitrogens with one attached hydrogen (secondary N) is 1. The van der Waals surface area contributed by atoms with Gasteiger partial charge in [-0.3, -0.25) is 9.59 Å².